The van der Waals surface area contributed by atoms with Crippen LogP contribution in [0, 0.1) is 5.92 Å². The maximum Gasteiger partial charge on any atom is 0.259 e. The number of nitrogens with one attached hydrogen (secondary N) is 1. The Balaban J connectivity index is 2.20. The summed E-state index contributed by atoms with van der Waals surface area (Å²) < 4.78 is 10.6. The van der Waals surface area contributed by atoms with Gasteiger partial charge in [0.05, 0.1) is 14.2 Å². The number of carbonyl (C=O) groups excluding carboxylic acids is 1. The van der Waals surface area contributed by atoms with Crippen LogP contribution in [0.5, 0.6) is 11.5 Å². The van der Waals surface area contributed by atoms with E-state index in [0.29, 0.717) is 23.0 Å². The number of carbonyl (C=O) groups is 1. The fourth-order valence-corrected chi connectivity index (χ4v) is 3.50. The first kappa shape index (κ1) is 15.2. The van der Waals surface area contributed by atoms with Crippen molar-refractivity contribution in [3.8, 4) is 11.5 Å². The number of benzene rings is 1. The van der Waals surface area contributed by atoms with Gasteiger partial charge in [0.25, 0.3) is 5.91 Å². The molecule has 2 rings (SSSR count). The molecule has 110 valence electrons. The minimum atomic E-state index is -0.128. The maximum atomic E-state index is 12.5. The van der Waals surface area contributed by atoms with Crippen molar-refractivity contribution in [3.63, 3.8) is 0 Å². The number of hydrogen-bond donors (Lipinski definition) is 1. The molecule has 0 bridgehead atoms. The van der Waals surface area contributed by atoms with Crippen LogP contribution in [-0.2, 0) is 0 Å². The molecule has 5 heteroatoms. The zero-order valence-corrected chi connectivity index (χ0v) is 13.4. The number of hydrogen-bond acceptors (Lipinski definition) is 3. The molecule has 20 heavy (non-hydrogen) atoms. The van der Waals surface area contributed by atoms with Crippen LogP contribution in [0.2, 0.25) is 0 Å². The summed E-state index contributed by atoms with van der Waals surface area (Å²) in [6.07, 6.45) is 3.34. The van der Waals surface area contributed by atoms with Crippen LogP contribution in [0.15, 0.2) is 18.2 Å². The topological polar surface area (TPSA) is 47.6 Å². The Labute approximate surface area is 128 Å². The summed E-state index contributed by atoms with van der Waals surface area (Å²) in [5, 5.41) is 4.03. The van der Waals surface area contributed by atoms with Crippen molar-refractivity contribution < 1.29 is 14.3 Å². The van der Waals surface area contributed by atoms with Crippen molar-refractivity contribution in [2.45, 2.75) is 25.3 Å². The van der Waals surface area contributed by atoms with E-state index in [1.165, 1.54) is 0 Å². The average Bonchev–Trinajstić information content (AvgIpc) is 2.93. The minimum Gasteiger partial charge on any atom is -0.496 e. The zero-order valence-electron chi connectivity index (χ0n) is 11.8. The SMILES string of the molecule is COc1cccc(OC)c1C(=O)NC1CCCC1CBr. The van der Waals surface area contributed by atoms with E-state index in [4.69, 9.17) is 9.47 Å². The monoisotopic (exact) mass is 341 g/mol. The molecular formula is C15H20BrNO3. The standard InChI is InChI=1S/C15H20BrNO3/c1-19-12-7-4-8-13(20-2)14(12)15(18)17-11-6-3-5-10(11)9-16/h4,7-8,10-11H,3,5-6,9H2,1-2H3,(H,17,18). The lowest BCUT2D eigenvalue weighted by atomic mass is 10.1. The highest BCUT2D eigenvalue weighted by molar-refractivity contribution is 9.09. The first-order chi connectivity index (χ1) is 9.71. The van der Waals surface area contributed by atoms with Gasteiger partial charge in [-0.05, 0) is 30.9 Å². The molecule has 1 saturated carbocycles. The smallest absolute Gasteiger partial charge is 0.259 e. The Kier molecular flexibility index (Phi) is 5.29. The van der Waals surface area contributed by atoms with Gasteiger partial charge in [-0.25, -0.2) is 0 Å². The van der Waals surface area contributed by atoms with E-state index in [-0.39, 0.29) is 11.9 Å². The summed E-state index contributed by atoms with van der Waals surface area (Å²) >= 11 is 3.52. The molecule has 0 aliphatic heterocycles. The maximum absolute atomic E-state index is 12.5. The average molecular weight is 342 g/mol. The second kappa shape index (κ2) is 6.97. The highest BCUT2D eigenvalue weighted by Crippen LogP contribution is 2.31. The number of amides is 1. The first-order valence-corrected chi connectivity index (χ1v) is 7.91. The molecule has 1 fully saturated rings. The minimum absolute atomic E-state index is 0.128. The van der Waals surface area contributed by atoms with Gasteiger partial charge in [-0.15, -0.1) is 0 Å². The van der Waals surface area contributed by atoms with Crippen molar-refractivity contribution in [1.82, 2.24) is 5.32 Å². The summed E-state index contributed by atoms with van der Waals surface area (Å²) in [5.74, 6) is 1.45. The molecule has 1 aromatic rings. The van der Waals surface area contributed by atoms with Crippen LogP contribution in [0.4, 0.5) is 0 Å². The van der Waals surface area contributed by atoms with Gasteiger partial charge < -0.3 is 14.8 Å². The van der Waals surface area contributed by atoms with E-state index in [0.717, 1.165) is 24.6 Å². The zero-order chi connectivity index (χ0) is 14.5. The van der Waals surface area contributed by atoms with Gasteiger partial charge in [0.1, 0.15) is 17.1 Å². The second-order valence-corrected chi connectivity index (χ2v) is 5.61. The lowest BCUT2D eigenvalue weighted by molar-refractivity contribution is 0.0924. The van der Waals surface area contributed by atoms with Gasteiger partial charge in [-0.1, -0.05) is 28.4 Å². The molecule has 0 aromatic heterocycles. The van der Waals surface area contributed by atoms with Gasteiger partial charge in [0.2, 0.25) is 0 Å². The molecule has 4 nitrogen and oxygen atoms in total. The predicted molar refractivity (Wildman–Crippen MR) is 81.9 cm³/mol. The largest absolute Gasteiger partial charge is 0.496 e. The first-order valence-electron chi connectivity index (χ1n) is 6.79. The molecule has 0 heterocycles. The van der Waals surface area contributed by atoms with Gasteiger partial charge in [-0.2, -0.15) is 0 Å². The van der Waals surface area contributed by atoms with Crippen LogP contribution in [0.25, 0.3) is 0 Å². The Bertz CT molecular complexity index is 456. The molecule has 1 aromatic carbocycles. The Morgan fingerprint density at radius 1 is 1.30 bits per heavy atom. The number of methoxy groups -OCH3 is 2. The van der Waals surface area contributed by atoms with Crippen molar-refractivity contribution in [2.24, 2.45) is 5.92 Å². The van der Waals surface area contributed by atoms with Crippen LogP contribution >= 0.6 is 15.9 Å². The van der Waals surface area contributed by atoms with E-state index in [1.807, 2.05) is 6.07 Å². The molecule has 2 unspecified atom stereocenters. The summed E-state index contributed by atoms with van der Waals surface area (Å²) in [7, 11) is 3.12. The summed E-state index contributed by atoms with van der Waals surface area (Å²) in [5.41, 5.74) is 0.470. The van der Waals surface area contributed by atoms with Crippen molar-refractivity contribution in [1.29, 1.82) is 0 Å². The van der Waals surface area contributed by atoms with Crippen LogP contribution in [0.1, 0.15) is 29.6 Å². The van der Waals surface area contributed by atoms with E-state index >= 15 is 0 Å². The number of halogens is 1. The van der Waals surface area contributed by atoms with Crippen LogP contribution < -0.4 is 14.8 Å². The third kappa shape index (κ3) is 3.08. The van der Waals surface area contributed by atoms with Gasteiger partial charge in [0, 0.05) is 11.4 Å². The predicted octanol–water partition coefficient (Wildman–Crippen LogP) is 3.00. The lowest BCUT2D eigenvalue weighted by Crippen LogP contribution is -2.38. The molecule has 2 atom stereocenters. The van der Waals surface area contributed by atoms with Gasteiger partial charge >= 0.3 is 0 Å². The fraction of sp³-hybridized carbons (Fsp3) is 0.533. The van der Waals surface area contributed by atoms with Crippen molar-refractivity contribution >= 4 is 21.8 Å². The highest BCUT2D eigenvalue weighted by Gasteiger charge is 2.29. The Morgan fingerprint density at radius 3 is 2.50 bits per heavy atom. The Morgan fingerprint density at radius 2 is 1.95 bits per heavy atom. The molecule has 0 radical (unpaired) electrons. The van der Waals surface area contributed by atoms with E-state index in [9.17, 15) is 4.79 Å². The molecule has 0 spiro atoms. The van der Waals surface area contributed by atoms with E-state index < -0.39 is 0 Å². The molecule has 1 amide bonds. The molecule has 0 saturated heterocycles. The van der Waals surface area contributed by atoms with Crippen LogP contribution in [0.3, 0.4) is 0 Å². The number of rotatable bonds is 5. The molecule has 1 aliphatic rings. The second-order valence-electron chi connectivity index (χ2n) is 4.96. The van der Waals surface area contributed by atoms with E-state index in [2.05, 4.69) is 21.2 Å². The molecule has 1 N–H and O–H groups in total. The van der Waals surface area contributed by atoms with Gasteiger partial charge in [-0.3, -0.25) is 4.79 Å². The lowest BCUT2D eigenvalue weighted by Gasteiger charge is -2.20. The summed E-state index contributed by atoms with van der Waals surface area (Å²) in [6.45, 7) is 0. The fourth-order valence-electron chi connectivity index (χ4n) is 2.73. The molecular weight excluding hydrogens is 322 g/mol. The highest BCUT2D eigenvalue weighted by atomic mass is 79.9. The number of alkyl halides is 1. The van der Waals surface area contributed by atoms with Crippen LogP contribution in [-0.4, -0.2) is 31.5 Å². The Hall–Kier alpha value is -1.23. The van der Waals surface area contributed by atoms with E-state index in [1.54, 1.807) is 26.4 Å². The number of ether oxygens (including phenoxy) is 2. The third-order valence-corrected chi connectivity index (χ3v) is 4.66. The van der Waals surface area contributed by atoms with Crippen molar-refractivity contribution in [3.05, 3.63) is 23.8 Å². The molecule has 1 aliphatic carbocycles. The van der Waals surface area contributed by atoms with Gasteiger partial charge in [0.15, 0.2) is 0 Å². The normalized spacial score (nSPS) is 21.6. The van der Waals surface area contributed by atoms with Crippen molar-refractivity contribution in [2.75, 3.05) is 19.5 Å². The third-order valence-electron chi connectivity index (χ3n) is 3.83. The summed E-state index contributed by atoms with van der Waals surface area (Å²) in [4.78, 5) is 12.5. The summed E-state index contributed by atoms with van der Waals surface area (Å²) in [6, 6.07) is 5.57. The quantitative estimate of drug-likeness (QED) is 0.837.